The summed E-state index contributed by atoms with van der Waals surface area (Å²) in [6, 6.07) is 82.2. The Hall–Kier alpha value is -15.8. The number of morpholine rings is 1. The van der Waals surface area contributed by atoms with Crippen LogP contribution in [0.1, 0.15) is 34.7 Å². The molecule has 4 saturated heterocycles. The Morgan fingerprint density at radius 1 is 0.333 bits per heavy atom. The van der Waals surface area contributed by atoms with Gasteiger partial charge < -0.3 is 65.5 Å². The summed E-state index contributed by atoms with van der Waals surface area (Å²) in [6.07, 6.45) is -0.297. The molecule has 0 bridgehead atoms. The van der Waals surface area contributed by atoms with E-state index in [0.717, 1.165) is 204 Å². The first-order valence-corrected chi connectivity index (χ1v) is 43.4. The standard InChI is InChI=1S/C30H29N7O2.C24H25N7O.C22H23N7.C22H22N6O/c1-21-9-5-6-12-23(21)28-31-26(32-29-24-13-7-8-14-25(24)34-35-29)19-27(33-28)36-15-17-37(18-16-36)30(38)39-20-22-10-3-2-4-11-22;1-16-7-3-4-8-18(16)23-25-21(26-24-19-9-5-6-10-20(19)28-29-24)15-22(27-23)31-13-11-30(12-14-31)17(2)32;1-15-6-2-3-7-16(15)21-24-19(14-20(26-21)29-12-10-23-11-13-29)25-22-17-8-4-5-9-18(17)27-28-22;1-15-6-2-3-7-16(15)21-23-19(14-20(25-21)28-10-12-29-13-11-28)24-22-17-8-4-5-9-18(17)26-27-22/h2-14,19H,15-18,20H2,1H3,(H2,31,32,33,34,35);3-10,15H,11-14H2,1-2H3,(H2,25,26,27,28,29);2-9,14,23H,10-13H2,1H3,(H2,24,25,26,27,28);2-9,14H,10-13H2,1H3,(H2,23,24,25,26,27). The van der Waals surface area contributed by atoms with Gasteiger partial charge in [-0.15, -0.1) is 0 Å². The second-order valence-electron chi connectivity index (χ2n) is 31.8. The van der Waals surface area contributed by atoms with E-state index in [2.05, 4.69) is 151 Å². The normalized spacial score (nSPS) is 14.0. The molecule has 0 saturated carbocycles. The van der Waals surface area contributed by atoms with E-state index in [0.29, 0.717) is 87.4 Å². The predicted octanol–water partition coefficient (Wildman–Crippen LogP) is 16.7. The van der Waals surface area contributed by atoms with E-state index in [-0.39, 0.29) is 18.6 Å². The lowest BCUT2D eigenvalue weighted by Crippen LogP contribution is -2.49. The maximum Gasteiger partial charge on any atom is 0.410 e. The van der Waals surface area contributed by atoms with Gasteiger partial charge in [0.2, 0.25) is 5.91 Å². The molecule has 31 heteroatoms. The number of amides is 2. The number of aromatic amines is 4. The van der Waals surface area contributed by atoms with Crippen molar-refractivity contribution in [2.75, 3.05) is 146 Å². The number of rotatable bonds is 18. The molecule has 0 aliphatic carbocycles. The first kappa shape index (κ1) is 84.1. The van der Waals surface area contributed by atoms with E-state index < -0.39 is 0 Å². The molecule has 2 amide bonds. The summed E-state index contributed by atoms with van der Waals surface area (Å²) in [5.74, 6) is 12.0. The van der Waals surface area contributed by atoms with E-state index in [1.54, 1.807) is 11.8 Å². The van der Waals surface area contributed by atoms with Crippen LogP contribution in [0.15, 0.2) is 249 Å². The number of para-hydroxylation sites is 4. The molecule has 12 heterocycles. The zero-order valence-corrected chi connectivity index (χ0v) is 72.4. The fourth-order valence-electron chi connectivity index (χ4n) is 16.0. The number of anilines is 12. The third kappa shape index (κ3) is 20.0. The third-order valence-corrected chi connectivity index (χ3v) is 23.2. The van der Waals surface area contributed by atoms with Crippen molar-refractivity contribution in [1.82, 2.24) is 95.8 Å². The summed E-state index contributed by atoms with van der Waals surface area (Å²) in [5.41, 5.74) is 13.4. The van der Waals surface area contributed by atoms with Crippen molar-refractivity contribution in [3.8, 4) is 45.6 Å². The Morgan fingerprint density at radius 3 is 0.946 bits per heavy atom. The first-order chi connectivity index (χ1) is 63.3. The summed E-state index contributed by atoms with van der Waals surface area (Å²) in [7, 11) is 0. The molecule has 8 aromatic heterocycles. The second-order valence-corrected chi connectivity index (χ2v) is 31.8. The molecular weight excluding hydrogens is 1620 g/mol. The van der Waals surface area contributed by atoms with Crippen molar-refractivity contribution in [2.45, 2.75) is 41.2 Å². The van der Waals surface area contributed by atoms with Crippen LogP contribution in [0.25, 0.3) is 89.2 Å². The lowest BCUT2D eigenvalue weighted by Gasteiger charge is -2.35. The van der Waals surface area contributed by atoms with Gasteiger partial charge in [0.25, 0.3) is 0 Å². The van der Waals surface area contributed by atoms with Gasteiger partial charge in [0.1, 0.15) is 53.1 Å². The van der Waals surface area contributed by atoms with Crippen LogP contribution < -0.4 is 46.2 Å². The molecule has 650 valence electrons. The molecule has 9 aromatic carbocycles. The Bertz CT molecular complexity index is 6580. The van der Waals surface area contributed by atoms with Gasteiger partial charge >= 0.3 is 6.09 Å². The van der Waals surface area contributed by atoms with Gasteiger partial charge in [-0.2, -0.15) is 20.4 Å². The number of fused-ring (bicyclic) bond motifs is 4. The SMILES string of the molecule is CC(=O)N1CCN(c2cc(Nc3n[nH]c4ccccc34)nc(-c3ccccc3C)n2)CC1.Cc1ccccc1-c1nc(Nc2n[nH]c3ccccc23)cc(N2CCN(C(=O)OCc3ccccc3)CC2)n1.Cc1ccccc1-c1nc(Nc2n[nH]c3ccccc23)cc(N2CCNCC2)n1.Cc1ccccc1-c1nc(Nc2n[nH]c3ccccc23)cc(N2CCOCC2)n1. The number of carbonyl (C=O) groups excluding carboxylic acids is 2. The highest BCUT2D eigenvalue weighted by Gasteiger charge is 2.28. The quantitative estimate of drug-likeness (QED) is 0.0385. The van der Waals surface area contributed by atoms with Crippen molar-refractivity contribution in [2.24, 2.45) is 0 Å². The Balaban J connectivity index is 0.000000117. The molecular formula is C98H99N27O4. The second kappa shape index (κ2) is 39.2. The number of hydrogen-bond donors (Lipinski definition) is 9. The number of nitrogens with zero attached hydrogens (tertiary/aromatic N) is 18. The van der Waals surface area contributed by atoms with Crippen molar-refractivity contribution in [3.05, 3.63) is 277 Å². The van der Waals surface area contributed by atoms with Crippen LogP contribution in [0.3, 0.4) is 0 Å². The van der Waals surface area contributed by atoms with Gasteiger partial charge in [0, 0.05) is 167 Å². The fraction of sp³-hybridized carbons (Fsp3) is 0.224. The highest BCUT2D eigenvalue weighted by molar-refractivity contribution is 5.94. The molecule has 0 atom stereocenters. The highest BCUT2D eigenvalue weighted by atomic mass is 16.6. The molecule has 21 rings (SSSR count). The van der Waals surface area contributed by atoms with Crippen LogP contribution in [-0.4, -0.2) is 207 Å². The lowest BCUT2D eigenvalue weighted by molar-refractivity contribution is -0.129. The van der Waals surface area contributed by atoms with E-state index in [1.165, 1.54) is 0 Å². The molecule has 17 aromatic rings. The van der Waals surface area contributed by atoms with Crippen LogP contribution in [0.4, 0.5) is 74.6 Å². The minimum atomic E-state index is -0.297. The molecule has 0 radical (unpaired) electrons. The van der Waals surface area contributed by atoms with Crippen molar-refractivity contribution >= 4 is 125 Å². The molecule has 4 fully saturated rings. The number of H-pyrrole nitrogens is 4. The first-order valence-electron chi connectivity index (χ1n) is 43.4. The number of carbonyl (C=O) groups is 2. The van der Waals surface area contributed by atoms with Gasteiger partial charge in [-0.25, -0.2) is 44.7 Å². The number of hydrogen-bond acceptors (Lipinski definition) is 25. The zero-order valence-electron chi connectivity index (χ0n) is 72.4. The molecule has 129 heavy (non-hydrogen) atoms. The number of aryl methyl sites for hydroxylation is 4. The summed E-state index contributed by atoms with van der Waals surface area (Å²) in [5, 5.41) is 51.0. The fourth-order valence-corrected chi connectivity index (χ4v) is 16.0. The number of ether oxygens (including phenoxy) is 2. The van der Waals surface area contributed by atoms with Crippen LogP contribution in [0.5, 0.6) is 0 Å². The number of benzene rings is 9. The van der Waals surface area contributed by atoms with Gasteiger partial charge in [0.15, 0.2) is 46.6 Å². The van der Waals surface area contributed by atoms with E-state index in [1.807, 2.05) is 217 Å². The maximum absolute atomic E-state index is 12.7. The van der Waals surface area contributed by atoms with Crippen LogP contribution >= 0.6 is 0 Å². The Kier molecular flexibility index (Phi) is 25.6. The average molecular weight is 1720 g/mol. The van der Waals surface area contributed by atoms with Gasteiger partial charge in [-0.3, -0.25) is 25.2 Å². The van der Waals surface area contributed by atoms with E-state index in [4.69, 9.17) is 49.3 Å². The number of aromatic nitrogens is 16. The maximum atomic E-state index is 12.7. The smallest absolute Gasteiger partial charge is 0.410 e. The largest absolute Gasteiger partial charge is 0.445 e. The molecule has 31 nitrogen and oxygen atoms in total. The molecule has 0 spiro atoms. The van der Waals surface area contributed by atoms with E-state index in [9.17, 15) is 9.59 Å². The van der Waals surface area contributed by atoms with E-state index >= 15 is 0 Å². The van der Waals surface area contributed by atoms with Crippen LogP contribution in [0, 0.1) is 27.7 Å². The highest BCUT2D eigenvalue weighted by Crippen LogP contribution is 2.36. The summed E-state index contributed by atoms with van der Waals surface area (Å²) >= 11 is 0. The monoisotopic (exact) mass is 1720 g/mol. The third-order valence-electron chi connectivity index (χ3n) is 23.2. The van der Waals surface area contributed by atoms with Crippen LogP contribution in [0.2, 0.25) is 0 Å². The zero-order chi connectivity index (χ0) is 87.9. The Morgan fingerprint density at radius 2 is 0.620 bits per heavy atom. The minimum Gasteiger partial charge on any atom is -0.445 e. The summed E-state index contributed by atoms with van der Waals surface area (Å²) in [6.45, 7) is 22.2. The average Bonchev–Trinajstić information content (AvgIpc) is 1.78. The lowest BCUT2D eigenvalue weighted by atomic mass is 10.1. The van der Waals surface area contributed by atoms with Gasteiger partial charge in [-0.1, -0.05) is 176 Å². The number of piperazine rings is 3. The van der Waals surface area contributed by atoms with Crippen LogP contribution in [-0.2, 0) is 20.9 Å². The Labute approximate surface area is 745 Å². The topological polar surface area (TPSA) is 350 Å². The van der Waals surface area contributed by atoms with Crippen molar-refractivity contribution in [3.63, 3.8) is 0 Å². The number of nitrogens with one attached hydrogen (secondary N) is 9. The summed E-state index contributed by atoms with van der Waals surface area (Å²) in [4.78, 5) is 75.8. The van der Waals surface area contributed by atoms with Gasteiger partial charge in [-0.05, 0) is 104 Å². The minimum absolute atomic E-state index is 0.112. The predicted molar refractivity (Wildman–Crippen MR) is 509 cm³/mol. The van der Waals surface area contributed by atoms with Gasteiger partial charge in [0.05, 0.1) is 35.3 Å². The molecule has 0 unspecified atom stereocenters. The van der Waals surface area contributed by atoms with Crippen molar-refractivity contribution in [1.29, 1.82) is 0 Å². The molecule has 9 N–H and O–H groups in total. The molecule has 4 aliphatic heterocycles. The van der Waals surface area contributed by atoms with Crippen molar-refractivity contribution < 1.29 is 19.1 Å². The summed E-state index contributed by atoms with van der Waals surface area (Å²) < 4.78 is 11.0. The molecule has 4 aliphatic rings.